The van der Waals surface area contributed by atoms with Crippen LogP contribution in [0.1, 0.15) is 71.1 Å². The Morgan fingerprint density at radius 3 is 2.46 bits per heavy atom. The monoisotopic (exact) mass is 378 g/mol. The fourth-order valence-corrected chi connectivity index (χ4v) is 6.59. The van der Waals surface area contributed by atoms with Gasteiger partial charge >= 0.3 is 0 Å². The number of nitrogens with zero attached hydrogens (tertiary/aromatic N) is 3. The van der Waals surface area contributed by atoms with Crippen molar-refractivity contribution in [2.24, 2.45) is 5.73 Å². The third-order valence-electron chi connectivity index (χ3n) is 6.11. The lowest BCUT2D eigenvalue weighted by Crippen LogP contribution is -2.47. The Morgan fingerprint density at radius 2 is 1.92 bits per heavy atom. The maximum absolute atomic E-state index is 13.1. The molecule has 1 aromatic heterocycles. The van der Waals surface area contributed by atoms with Gasteiger partial charge in [0.25, 0.3) is 11.8 Å². The Hall–Kier alpha value is -1.90. The molecule has 2 amide bonds. The van der Waals surface area contributed by atoms with Crippen LogP contribution in [0.2, 0.25) is 0 Å². The van der Waals surface area contributed by atoms with Crippen molar-refractivity contribution in [3.05, 3.63) is 17.0 Å². The van der Waals surface area contributed by atoms with E-state index in [9.17, 15) is 18.0 Å². The lowest BCUT2D eigenvalue weighted by Gasteiger charge is -2.31. The number of amides is 2. The molecule has 2 heterocycles. The molecule has 2 N–H and O–H groups in total. The van der Waals surface area contributed by atoms with Crippen LogP contribution in [0.25, 0.3) is 0 Å². The molecule has 4 aliphatic rings. The number of sulfone groups is 1. The molecule has 140 valence electrons. The first kappa shape index (κ1) is 16.3. The van der Waals surface area contributed by atoms with Crippen LogP contribution in [0, 0.1) is 0 Å². The highest BCUT2D eigenvalue weighted by Crippen LogP contribution is 2.51. The highest BCUT2D eigenvalue weighted by atomic mass is 32.2. The minimum absolute atomic E-state index is 0.144. The first-order chi connectivity index (χ1) is 12.3. The number of fused-ring (bicyclic) bond motifs is 1. The van der Waals surface area contributed by atoms with Crippen molar-refractivity contribution in [3.8, 4) is 0 Å². The number of carbonyl (C=O) groups excluding carboxylic acids is 2. The third-order valence-corrected chi connectivity index (χ3v) is 9.20. The molecule has 8 nitrogen and oxygen atoms in total. The van der Waals surface area contributed by atoms with Gasteiger partial charge < -0.3 is 10.6 Å². The van der Waals surface area contributed by atoms with E-state index >= 15 is 0 Å². The fourth-order valence-electron chi connectivity index (χ4n) is 4.11. The summed E-state index contributed by atoms with van der Waals surface area (Å²) < 4.78 is 26.4. The van der Waals surface area contributed by atoms with E-state index in [4.69, 9.17) is 5.73 Å². The van der Waals surface area contributed by atoms with E-state index in [2.05, 4.69) is 5.10 Å². The number of hydrogen-bond donors (Lipinski definition) is 1. The maximum Gasteiger partial charge on any atom is 0.272 e. The van der Waals surface area contributed by atoms with Gasteiger partial charge in [0.2, 0.25) is 0 Å². The molecule has 0 saturated heterocycles. The summed E-state index contributed by atoms with van der Waals surface area (Å²) in [4.78, 5) is 26.5. The van der Waals surface area contributed by atoms with Crippen molar-refractivity contribution < 1.29 is 18.0 Å². The lowest BCUT2D eigenvalue weighted by atomic mass is 10.0. The van der Waals surface area contributed by atoms with Gasteiger partial charge in [-0.15, -0.1) is 0 Å². The smallest absolute Gasteiger partial charge is 0.272 e. The summed E-state index contributed by atoms with van der Waals surface area (Å²) in [6, 6.07) is 0.144. The van der Waals surface area contributed by atoms with Crippen LogP contribution in [0.4, 0.5) is 0 Å². The van der Waals surface area contributed by atoms with Crippen LogP contribution in [0.3, 0.4) is 0 Å². The summed E-state index contributed by atoms with van der Waals surface area (Å²) in [5.74, 6) is -0.827. The number of nitrogens with two attached hydrogens (primary N) is 1. The molecule has 0 bridgehead atoms. The highest BCUT2D eigenvalue weighted by molar-refractivity contribution is 7.94. The zero-order valence-corrected chi connectivity index (χ0v) is 15.3. The van der Waals surface area contributed by atoms with Crippen molar-refractivity contribution in [2.75, 3.05) is 13.1 Å². The van der Waals surface area contributed by atoms with Crippen LogP contribution in [0.15, 0.2) is 0 Å². The molecule has 3 aliphatic carbocycles. The van der Waals surface area contributed by atoms with E-state index in [-0.39, 0.29) is 29.4 Å². The van der Waals surface area contributed by atoms with E-state index in [1.807, 2.05) is 0 Å². The van der Waals surface area contributed by atoms with Gasteiger partial charge in [-0.25, -0.2) is 8.42 Å². The van der Waals surface area contributed by atoms with Gasteiger partial charge in [0.05, 0.1) is 16.0 Å². The average Bonchev–Trinajstić information content (AvgIpc) is 3.42. The summed E-state index contributed by atoms with van der Waals surface area (Å²) in [5.41, 5.74) is 6.69. The van der Waals surface area contributed by atoms with Crippen molar-refractivity contribution in [2.45, 2.75) is 61.0 Å². The normalized spacial score (nSPS) is 24.5. The SMILES string of the molecule is NC(=O)c1nn(C2CC2)c2c1CCN(CC1(S(=O)(=O)C3CC3)CC1)C2=O. The Kier molecular flexibility index (Phi) is 3.19. The average molecular weight is 378 g/mol. The molecule has 0 unspecified atom stereocenters. The van der Waals surface area contributed by atoms with Crippen molar-refractivity contribution in [1.82, 2.24) is 14.7 Å². The zero-order chi connectivity index (χ0) is 18.3. The second-order valence-corrected chi connectivity index (χ2v) is 10.7. The molecule has 0 atom stereocenters. The van der Waals surface area contributed by atoms with Gasteiger partial charge in [-0.05, 0) is 44.9 Å². The molecule has 0 aromatic carbocycles. The summed E-state index contributed by atoms with van der Waals surface area (Å²) in [6.45, 7) is 0.663. The van der Waals surface area contributed by atoms with Crippen LogP contribution in [-0.4, -0.2) is 58.0 Å². The molecule has 3 saturated carbocycles. The Balaban J connectivity index is 1.47. The minimum atomic E-state index is -3.17. The largest absolute Gasteiger partial charge is 0.364 e. The first-order valence-electron chi connectivity index (χ1n) is 9.28. The second kappa shape index (κ2) is 5.09. The number of primary amides is 1. The summed E-state index contributed by atoms with van der Waals surface area (Å²) in [6.07, 6.45) is 5.12. The molecule has 5 rings (SSSR count). The molecule has 9 heteroatoms. The van der Waals surface area contributed by atoms with Crippen LogP contribution >= 0.6 is 0 Å². The van der Waals surface area contributed by atoms with Crippen molar-refractivity contribution in [3.63, 3.8) is 0 Å². The van der Waals surface area contributed by atoms with Gasteiger partial charge in [-0.3, -0.25) is 14.3 Å². The number of carbonyl (C=O) groups is 2. The summed E-state index contributed by atoms with van der Waals surface area (Å²) >= 11 is 0. The topological polar surface area (TPSA) is 115 Å². The molecule has 1 aliphatic heterocycles. The van der Waals surface area contributed by atoms with Crippen molar-refractivity contribution in [1.29, 1.82) is 0 Å². The maximum atomic E-state index is 13.1. The van der Waals surface area contributed by atoms with E-state index in [0.717, 1.165) is 25.7 Å². The zero-order valence-electron chi connectivity index (χ0n) is 14.5. The molecule has 0 radical (unpaired) electrons. The first-order valence-corrected chi connectivity index (χ1v) is 10.8. The second-order valence-electron chi connectivity index (χ2n) is 8.12. The highest BCUT2D eigenvalue weighted by Gasteiger charge is 2.60. The molecule has 1 aromatic rings. The molecule has 3 fully saturated rings. The number of aromatic nitrogens is 2. The number of rotatable bonds is 6. The molecular formula is C17H22N4O4S. The fraction of sp³-hybridized carbons (Fsp3) is 0.706. The van der Waals surface area contributed by atoms with Gasteiger partial charge in [0.1, 0.15) is 5.69 Å². The lowest BCUT2D eigenvalue weighted by molar-refractivity contribution is 0.0722. The minimum Gasteiger partial charge on any atom is -0.364 e. The standard InChI is InChI=1S/C17H22N4O4S/c18-15(22)13-12-5-8-20(16(23)14(12)21(19-13)10-1-2-10)9-17(6-7-17)26(24,25)11-3-4-11/h10-11H,1-9H2,(H2,18,22). The molecular weight excluding hydrogens is 356 g/mol. The van der Waals surface area contributed by atoms with Crippen LogP contribution in [0.5, 0.6) is 0 Å². The van der Waals surface area contributed by atoms with E-state index in [1.54, 1.807) is 9.58 Å². The number of hydrogen-bond acceptors (Lipinski definition) is 5. The van der Waals surface area contributed by atoms with Gasteiger partial charge in [0.15, 0.2) is 15.5 Å². The Labute approximate surface area is 151 Å². The summed E-state index contributed by atoms with van der Waals surface area (Å²) in [5, 5.41) is 4.10. The van der Waals surface area contributed by atoms with Crippen LogP contribution in [-0.2, 0) is 16.3 Å². The Morgan fingerprint density at radius 1 is 1.23 bits per heavy atom. The van der Waals surface area contributed by atoms with Crippen molar-refractivity contribution >= 4 is 21.7 Å². The predicted molar refractivity (Wildman–Crippen MR) is 92.5 cm³/mol. The predicted octanol–water partition coefficient (Wildman–Crippen LogP) is 0.425. The molecule has 26 heavy (non-hydrogen) atoms. The molecule has 0 spiro atoms. The van der Waals surface area contributed by atoms with Gasteiger partial charge in [-0.1, -0.05) is 0 Å². The van der Waals surface area contributed by atoms with Gasteiger partial charge in [0, 0.05) is 18.7 Å². The quantitative estimate of drug-likeness (QED) is 0.770. The van der Waals surface area contributed by atoms with E-state index < -0.39 is 20.5 Å². The third kappa shape index (κ3) is 2.25. The van der Waals surface area contributed by atoms with E-state index in [0.29, 0.717) is 37.1 Å². The van der Waals surface area contributed by atoms with E-state index in [1.165, 1.54) is 0 Å². The van der Waals surface area contributed by atoms with Gasteiger partial charge in [-0.2, -0.15) is 5.10 Å². The van der Waals surface area contributed by atoms with Crippen LogP contribution < -0.4 is 5.73 Å². The summed E-state index contributed by atoms with van der Waals surface area (Å²) in [7, 11) is -3.17. The Bertz CT molecular complexity index is 923.